The molecule has 0 spiro atoms. The molecule has 1 aliphatic carbocycles. The lowest BCUT2D eigenvalue weighted by Gasteiger charge is -2.28. The van der Waals surface area contributed by atoms with E-state index in [1.807, 2.05) is 0 Å². The molecule has 1 heterocycles. The summed E-state index contributed by atoms with van der Waals surface area (Å²) >= 11 is 0. The second kappa shape index (κ2) is 13.7. The van der Waals surface area contributed by atoms with E-state index < -0.39 is 0 Å². The summed E-state index contributed by atoms with van der Waals surface area (Å²) < 4.78 is 6.85. The standard InChI is InChI=1S/C59H41NO/c1-59(2)53-24-14-13-22-48(53)49-32-31-45(36-54(49)59)60(44-30-25-38-15-9-10-20-42(38)35-44)43-28-26-40(27-29-43)46-33-34-55-57(56(46)41-18-7-4-8-19-41)52-37-51(39-16-5-3-6-17-39)47-21-11-12-23-50(47)58(52)61-55/h3-37H,1-2H3. The molecule has 1 aliphatic rings. The van der Waals surface area contributed by atoms with Crippen LogP contribution in [0, 0.1) is 0 Å². The fourth-order valence-electron chi connectivity index (χ4n) is 10.1. The Hall–Kier alpha value is -7.68. The molecule has 0 aliphatic heterocycles. The van der Waals surface area contributed by atoms with E-state index in [9.17, 15) is 0 Å². The Morgan fingerprint density at radius 2 is 0.967 bits per heavy atom. The Labute approximate surface area is 355 Å². The summed E-state index contributed by atoms with van der Waals surface area (Å²) in [5.41, 5.74) is 17.5. The van der Waals surface area contributed by atoms with E-state index in [1.165, 1.54) is 55.1 Å². The maximum Gasteiger partial charge on any atom is 0.143 e. The number of fused-ring (bicyclic) bond motifs is 9. The molecule has 1 aromatic heterocycles. The summed E-state index contributed by atoms with van der Waals surface area (Å²) in [5, 5.41) is 7.00. The van der Waals surface area contributed by atoms with Gasteiger partial charge in [0.15, 0.2) is 0 Å². The first kappa shape index (κ1) is 35.3. The van der Waals surface area contributed by atoms with Gasteiger partial charge in [-0.2, -0.15) is 0 Å². The number of rotatable bonds is 6. The van der Waals surface area contributed by atoms with Crippen molar-refractivity contribution in [1.82, 2.24) is 0 Å². The molecular weight excluding hydrogens is 739 g/mol. The average Bonchev–Trinajstić information content (AvgIpc) is 3.81. The van der Waals surface area contributed by atoms with Gasteiger partial charge >= 0.3 is 0 Å². The lowest BCUT2D eigenvalue weighted by atomic mass is 9.82. The van der Waals surface area contributed by atoms with Gasteiger partial charge in [0.25, 0.3) is 0 Å². The minimum Gasteiger partial charge on any atom is -0.455 e. The average molecular weight is 780 g/mol. The van der Waals surface area contributed by atoms with Crippen molar-refractivity contribution in [3.05, 3.63) is 223 Å². The number of hydrogen-bond donors (Lipinski definition) is 0. The number of benzene rings is 10. The van der Waals surface area contributed by atoms with Crippen molar-refractivity contribution in [3.8, 4) is 44.5 Å². The maximum atomic E-state index is 6.85. The van der Waals surface area contributed by atoms with Gasteiger partial charge in [-0.3, -0.25) is 0 Å². The zero-order valence-corrected chi connectivity index (χ0v) is 34.1. The van der Waals surface area contributed by atoms with Crippen LogP contribution in [0.1, 0.15) is 25.0 Å². The molecule has 12 rings (SSSR count). The quantitative estimate of drug-likeness (QED) is 0.167. The summed E-state index contributed by atoms with van der Waals surface area (Å²) in [6.45, 7) is 4.71. The zero-order valence-electron chi connectivity index (χ0n) is 34.1. The Balaban J connectivity index is 1.05. The molecule has 0 bridgehead atoms. The third-order valence-corrected chi connectivity index (χ3v) is 13.0. The van der Waals surface area contributed by atoms with E-state index in [0.717, 1.165) is 61.1 Å². The van der Waals surface area contributed by atoms with Gasteiger partial charge in [0.2, 0.25) is 0 Å². The first-order valence-corrected chi connectivity index (χ1v) is 21.2. The Kier molecular flexibility index (Phi) is 7.92. The predicted octanol–water partition coefficient (Wildman–Crippen LogP) is 16.7. The summed E-state index contributed by atoms with van der Waals surface area (Å²) in [6.07, 6.45) is 0. The minimum atomic E-state index is -0.112. The van der Waals surface area contributed by atoms with Gasteiger partial charge < -0.3 is 9.32 Å². The van der Waals surface area contributed by atoms with Gasteiger partial charge in [-0.25, -0.2) is 0 Å². The summed E-state index contributed by atoms with van der Waals surface area (Å²) in [5.74, 6) is 0. The van der Waals surface area contributed by atoms with E-state index in [2.05, 4.69) is 231 Å². The van der Waals surface area contributed by atoms with E-state index >= 15 is 0 Å². The summed E-state index contributed by atoms with van der Waals surface area (Å²) in [4.78, 5) is 2.41. The second-order valence-electron chi connectivity index (χ2n) is 16.9. The van der Waals surface area contributed by atoms with Gasteiger partial charge in [0.1, 0.15) is 11.2 Å². The van der Waals surface area contributed by atoms with Gasteiger partial charge in [-0.05, 0) is 115 Å². The first-order valence-electron chi connectivity index (χ1n) is 21.2. The third kappa shape index (κ3) is 5.56. The van der Waals surface area contributed by atoms with Crippen molar-refractivity contribution in [2.45, 2.75) is 19.3 Å². The molecule has 0 fully saturated rings. The topological polar surface area (TPSA) is 16.4 Å². The van der Waals surface area contributed by atoms with Crippen LogP contribution in [-0.2, 0) is 5.41 Å². The van der Waals surface area contributed by atoms with Crippen molar-refractivity contribution < 1.29 is 4.42 Å². The van der Waals surface area contributed by atoms with E-state index in [-0.39, 0.29) is 5.41 Å². The molecule has 2 nitrogen and oxygen atoms in total. The highest BCUT2D eigenvalue weighted by molar-refractivity contribution is 6.23. The molecular formula is C59H41NO. The van der Waals surface area contributed by atoms with Gasteiger partial charge in [-0.1, -0.05) is 178 Å². The van der Waals surface area contributed by atoms with Gasteiger partial charge in [0.05, 0.1) is 0 Å². The van der Waals surface area contributed by atoms with Crippen LogP contribution in [0.4, 0.5) is 17.1 Å². The largest absolute Gasteiger partial charge is 0.455 e. The lowest BCUT2D eigenvalue weighted by molar-refractivity contribution is 0.660. The molecule has 288 valence electrons. The predicted molar refractivity (Wildman–Crippen MR) is 257 cm³/mol. The van der Waals surface area contributed by atoms with Crippen LogP contribution >= 0.6 is 0 Å². The number of nitrogens with zero attached hydrogens (tertiary/aromatic N) is 1. The van der Waals surface area contributed by atoms with Gasteiger partial charge in [0, 0.05) is 44.2 Å². The summed E-state index contributed by atoms with van der Waals surface area (Å²) in [6, 6.07) is 77.3. The van der Waals surface area contributed by atoms with Crippen molar-refractivity contribution in [1.29, 1.82) is 0 Å². The molecule has 0 N–H and O–H groups in total. The fourth-order valence-corrected chi connectivity index (χ4v) is 10.1. The van der Waals surface area contributed by atoms with E-state index in [0.29, 0.717) is 0 Å². The van der Waals surface area contributed by atoms with Crippen LogP contribution < -0.4 is 4.90 Å². The normalized spacial score (nSPS) is 12.9. The highest BCUT2D eigenvalue weighted by Gasteiger charge is 2.35. The van der Waals surface area contributed by atoms with Crippen molar-refractivity contribution in [3.63, 3.8) is 0 Å². The smallest absolute Gasteiger partial charge is 0.143 e. The summed E-state index contributed by atoms with van der Waals surface area (Å²) in [7, 11) is 0. The van der Waals surface area contributed by atoms with E-state index in [4.69, 9.17) is 4.42 Å². The zero-order chi connectivity index (χ0) is 40.7. The van der Waals surface area contributed by atoms with Crippen LogP contribution in [0.2, 0.25) is 0 Å². The Morgan fingerprint density at radius 3 is 1.77 bits per heavy atom. The highest BCUT2D eigenvalue weighted by atomic mass is 16.3. The highest BCUT2D eigenvalue weighted by Crippen LogP contribution is 2.51. The molecule has 0 saturated carbocycles. The Bertz CT molecular complexity index is 3490. The van der Waals surface area contributed by atoms with E-state index in [1.54, 1.807) is 0 Å². The van der Waals surface area contributed by atoms with Crippen LogP contribution in [0.5, 0.6) is 0 Å². The first-order chi connectivity index (χ1) is 30.0. The molecule has 2 heteroatoms. The number of hydrogen-bond acceptors (Lipinski definition) is 2. The maximum absolute atomic E-state index is 6.85. The molecule has 0 radical (unpaired) electrons. The number of furan rings is 1. The van der Waals surface area contributed by atoms with Gasteiger partial charge in [-0.15, -0.1) is 0 Å². The second-order valence-corrected chi connectivity index (χ2v) is 16.9. The molecule has 11 aromatic rings. The molecule has 61 heavy (non-hydrogen) atoms. The molecule has 10 aromatic carbocycles. The van der Waals surface area contributed by atoms with Crippen molar-refractivity contribution >= 4 is 60.5 Å². The SMILES string of the molecule is CC1(C)c2ccccc2-c2ccc(N(c3ccc(-c4ccc5oc6c7ccccc7c(-c7ccccc7)cc6c5c4-c4ccccc4)cc3)c3ccc4ccccc4c3)cc21. The van der Waals surface area contributed by atoms with Crippen LogP contribution in [-0.4, -0.2) is 0 Å². The Morgan fingerprint density at radius 1 is 0.377 bits per heavy atom. The van der Waals surface area contributed by atoms with Crippen LogP contribution in [0.3, 0.4) is 0 Å². The number of anilines is 3. The van der Waals surface area contributed by atoms with Crippen molar-refractivity contribution in [2.24, 2.45) is 0 Å². The molecule has 0 amide bonds. The molecule has 0 atom stereocenters. The van der Waals surface area contributed by atoms with Crippen LogP contribution in [0.15, 0.2) is 217 Å². The lowest BCUT2D eigenvalue weighted by Crippen LogP contribution is -2.16. The van der Waals surface area contributed by atoms with Crippen molar-refractivity contribution in [2.75, 3.05) is 4.90 Å². The third-order valence-electron chi connectivity index (χ3n) is 13.0. The molecule has 0 unspecified atom stereocenters. The van der Waals surface area contributed by atoms with Crippen LogP contribution in [0.25, 0.3) is 88.0 Å². The fraction of sp³-hybridized carbons (Fsp3) is 0.0508. The monoisotopic (exact) mass is 779 g/mol. The minimum absolute atomic E-state index is 0.112. The molecule has 0 saturated heterocycles.